The molecular formula is C36H41FN6O4S. The minimum Gasteiger partial charge on any atom is -0.438 e. The van der Waals surface area contributed by atoms with E-state index in [0.29, 0.717) is 42.1 Å². The lowest BCUT2D eigenvalue weighted by atomic mass is 9.91. The number of piperazine rings is 1. The lowest BCUT2D eigenvalue weighted by Crippen LogP contribution is -2.43. The van der Waals surface area contributed by atoms with Crippen molar-refractivity contribution in [2.45, 2.75) is 57.2 Å². The van der Waals surface area contributed by atoms with Gasteiger partial charge in [0.25, 0.3) is 11.8 Å². The van der Waals surface area contributed by atoms with Crippen molar-refractivity contribution in [2.75, 3.05) is 32.7 Å². The number of aliphatic hydroxyl groups is 1. The van der Waals surface area contributed by atoms with Gasteiger partial charge in [0.15, 0.2) is 5.01 Å². The van der Waals surface area contributed by atoms with Gasteiger partial charge >= 0.3 is 0 Å². The summed E-state index contributed by atoms with van der Waals surface area (Å²) in [5, 5.41) is 20.6. The minimum atomic E-state index is -0.632. The predicted octanol–water partition coefficient (Wildman–Crippen LogP) is 4.94. The Balaban J connectivity index is 1.03. The van der Waals surface area contributed by atoms with Gasteiger partial charge in [-0.3, -0.25) is 9.59 Å². The maximum atomic E-state index is 14.3. The van der Waals surface area contributed by atoms with Crippen molar-refractivity contribution < 1.29 is 23.8 Å². The number of rotatable bonds is 12. The van der Waals surface area contributed by atoms with E-state index in [2.05, 4.69) is 55.1 Å². The molecular weight excluding hydrogens is 631 g/mol. The second-order valence-electron chi connectivity index (χ2n) is 12.3. The second kappa shape index (κ2) is 16.2. The summed E-state index contributed by atoms with van der Waals surface area (Å²) in [4.78, 5) is 36.6. The van der Waals surface area contributed by atoms with Crippen molar-refractivity contribution in [2.24, 2.45) is 0 Å². The van der Waals surface area contributed by atoms with Gasteiger partial charge in [-0.15, -0.1) is 11.3 Å². The second-order valence-corrected chi connectivity index (χ2v) is 13.2. The summed E-state index contributed by atoms with van der Waals surface area (Å²) in [5.74, 6) is -0.849. The van der Waals surface area contributed by atoms with Crippen molar-refractivity contribution in [1.82, 2.24) is 30.8 Å². The van der Waals surface area contributed by atoms with Crippen LogP contribution in [-0.4, -0.2) is 76.6 Å². The Labute approximate surface area is 283 Å². The van der Waals surface area contributed by atoms with Crippen molar-refractivity contribution in [3.63, 3.8) is 0 Å². The monoisotopic (exact) mass is 672 g/mol. The number of aromatic nitrogens is 2. The summed E-state index contributed by atoms with van der Waals surface area (Å²) in [6.07, 6.45) is 5.83. The fourth-order valence-corrected chi connectivity index (χ4v) is 6.91. The Morgan fingerprint density at radius 1 is 0.979 bits per heavy atom. The van der Waals surface area contributed by atoms with E-state index in [4.69, 9.17) is 4.74 Å². The molecule has 48 heavy (non-hydrogen) atoms. The molecule has 1 aliphatic heterocycles. The lowest BCUT2D eigenvalue weighted by Gasteiger charge is -2.29. The van der Waals surface area contributed by atoms with E-state index < -0.39 is 11.7 Å². The molecule has 3 heterocycles. The van der Waals surface area contributed by atoms with Crippen molar-refractivity contribution in [3.8, 4) is 22.8 Å². The first-order valence-electron chi connectivity index (χ1n) is 16.6. The first kappa shape index (κ1) is 33.7. The molecule has 1 aliphatic carbocycles. The Kier molecular flexibility index (Phi) is 11.4. The topological polar surface area (TPSA) is 129 Å². The van der Waals surface area contributed by atoms with E-state index >= 15 is 0 Å². The molecule has 1 saturated carbocycles. The lowest BCUT2D eigenvalue weighted by molar-refractivity contribution is 0.0889. The van der Waals surface area contributed by atoms with Gasteiger partial charge in [0.2, 0.25) is 5.88 Å². The molecule has 252 valence electrons. The summed E-state index contributed by atoms with van der Waals surface area (Å²) in [5.41, 5.74) is 3.80. The van der Waals surface area contributed by atoms with Crippen LogP contribution in [0.15, 0.2) is 66.2 Å². The average molecular weight is 673 g/mol. The number of nitrogens with one attached hydrogen (secondary N) is 3. The highest BCUT2D eigenvalue weighted by Crippen LogP contribution is 2.29. The Hall–Kier alpha value is -4.23. The molecule has 0 atom stereocenters. The van der Waals surface area contributed by atoms with Gasteiger partial charge in [0.1, 0.15) is 17.1 Å². The van der Waals surface area contributed by atoms with Crippen LogP contribution in [0.3, 0.4) is 0 Å². The Morgan fingerprint density at radius 3 is 2.42 bits per heavy atom. The van der Waals surface area contributed by atoms with Crippen LogP contribution in [0, 0.1) is 5.82 Å². The summed E-state index contributed by atoms with van der Waals surface area (Å²) in [7, 11) is 0. The SMILES string of the molecule is O=C(NC1CCC(NC(=O)c2cc(F)cnc2Oc2cccc(-c3ccc(CCCN4CCNCC4)cc3)c2)CC1)c1nc(CO)cs1. The van der Waals surface area contributed by atoms with E-state index in [1.807, 2.05) is 18.2 Å². The first-order chi connectivity index (χ1) is 23.4. The fourth-order valence-electron chi connectivity index (χ4n) is 6.20. The minimum absolute atomic E-state index is 0.0180. The predicted molar refractivity (Wildman–Crippen MR) is 183 cm³/mol. The van der Waals surface area contributed by atoms with E-state index in [0.717, 1.165) is 69.0 Å². The molecule has 1 saturated heterocycles. The molecule has 6 rings (SSSR count). The molecule has 2 aromatic heterocycles. The van der Waals surface area contributed by atoms with Crippen LogP contribution in [0.25, 0.3) is 11.1 Å². The van der Waals surface area contributed by atoms with Crippen LogP contribution in [0.2, 0.25) is 0 Å². The summed E-state index contributed by atoms with van der Waals surface area (Å²) < 4.78 is 20.4. The largest absolute Gasteiger partial charge is 0.438 e. The molecule has 2 aliphatic rings. The molecule has 0 unspecified atom stereocenters. The van der Waals surface area contributed by atoms with Crippen LogP contribution in [0.5, 0.6) is 11.6 Å². The number of carbonyl (C=O) groups excluding carboxylic acids is 2. The molecule has 2 aromatic carbocycles. The maximum Gasteiger partial charge on any atom is 0.280 e. The number of amides is 2. The number of nitrogens with zero attached hydrogens (tertiary/aromatic N) is 3. The highest BCUT2D eigenvalue weighted by atomic mass is 32.1. The molecule has 0 bridgehead atoms. The summed E-state index contributed by atoms with van der Waals surface area (Å²) in [6.45, 7) is 5.27. The van der Waals surface area contributed by atoms with Gasteiger partial charge in [0, 0.05) is 43.6 Å². The molecule has 4 N–H and O–H groups in total. The normalized spacial score (nSPS) is 18.3. The van der Waals surface area contributed by atoms with Gasteiger partial charge in [-0.2, -0.15) is 0 Å². The molecule has 0 spiro atoms. The van der Waals surface area contributed by atoms with Gasteiger partial charge in [-0.05, 0) is 80.0 Å². The van der Waals surface area contributed by atoms with Crippen LogP contribution in [0.4, 0.5) is 4.39 Å². The van der Waals surface area contributed by atoms with E-state index in [-0.39, 0.29) is 36.0 Å². The maximum absolute atomic E-state index is 14.3. The van der Waals surface area contributed by atoms with Gasteiger partial charge < -0.3 is 30.7 Å². The standard InChI is InChI=1S/C36H41FN6O4S/c37-27-20-32(33(45)40-28-10-12-29(13-11-28)41-34(46)36-42-30(22-44)23-48-36)35(39-21-27)47-31-5-1-4-26(19-31)25-8-6-24(7-9-25)3-2-16-43-17-14-38-15-18-43/h1,4-9,19-21,23,28-29,38,44H,2-3,10-18,22H2,(H,40,45)(H,41,46). The number of pyridine rings is 1. The van der Waals surface area contributed by atoms with E-state index in [1.165, 1.54) is 16.9 Å². The number of hydrogen-bond acceptors (Lipinski definition) is 9. The van der Waals surface area contributed by atoms with Crippen LogP contribution < -0.4 is 20.7 Å². The van der Waals surface area contributed by atoms with E-state index in [9.17, 15) is 19.1 Å². The van der Waals surface area contributed by atoms with Crippen LogP contribution >= 0.6 is 11.3 Å². The van der Waals surface area contributed by atoms with Crippen LogP contribution in [-0.2, 0) is 13.0 Å². The van der Waals surface area contributed by atoms with Crippen molar-refractivity contribution >= 4 is 23.2 Å². The number of aryl methyl sites for hydroxylation is 1. The molecule has 0 radical (unpaired) electrons. The highest BCUT2D eigenvalue weighted by molar-refractivity contribution is 7.11. The number of thiazole rings is 1. The number of ether oxygens (including phenoxy) is 1. The molecule has 2 fully saturated rings. The van der Waals surface area contributed by atoms with Crippen molar-refractivity contribution in [3.05, 3.63) is 93.8 Å². The molecule has 10 nitrogen and oxygen atoms in total. The zero-order valence-electron chi connectivity index (χ0n) is 26.8. The third kappa shape index (κ3) is 9.01. The molecule has 12 heteroatoms. The van der Waals surface area contributed by atoms with E-state index in [1.54, 1.807) is 11.4 Å². The highest BCUT2D eigenvalue weighted by Gasteiger charge is 2.26. The smallest absolute Gasteiger partial charge is 0.280 e. The number of aliphatic hydroxyl groups excluding tert-OH is 1. The summed E-state index contributed by atoms with van der Waals surface area (Å²) >= 11 is 1.20. The van der Waals surface area contributed by atoms with Gasteiger partial charge in [-0.1, -0.05) is 36.4 Å². The zero-order valence-corrected chi connectivity index (χ0v) is 27.6. The Bertz CT molecular complexity index is 1690. The third-order valence-electron chi connectivity index (χ3n) is 8.85. The summed E-state index contributed by atoms with van der Waals surface area (Å²) in [6, 6.07) is 17.1. The number of halogens is 1. The quantitative estimate of drug-likeness (QED) is 0.167. The molecule has 4 aromatic rings. The average Bonchev–Trinajstić information content (AvgIpc) is 3.61. The third-order valence-corrected chi connectivity index (χ3v) is 9.74. The number of carbonyl (C=O) groups is 2. The van der Waals surface area contributed by atoms with Gasteiger partial charge in [0.05, 0.1) is 18.5 Å². The number of hydrogen-bond donors (Lipinski definition) is 4. The fraction of sp³-hybridized carbons (Fsp3) is 0.389. The zero-order chi connectivity index (χ0) is 33.3. The van der Waals surface area contributed by atoms with Gasteiger partial charge in [-0.25, -0.2) is 14.4 Å². The number of benzene rings is 2. The van der Waals surface area contributed by atoms with Crippen molar-refractivity contribution in [1.29, 1.82) is 0 Å². The first-order valence-corrected chi connectivity index (χ1v) is 17.4. The molecule has 2 amide bonds. The van der Waals surface area contributed by atoms with Crippen LogP contribution in [0.1, 0.15) is 63.5 Å². The Morgan fingerprint density at radius 2 is 1.71 bits per heavy atom.